The van der Waals surface area contributed by atoms with Crippen molar-refractivity contribution in [3.63, 3.8) is 0 Å². The molecule has 0 heterocycles. The monoisotopic (exact) mass is 379 g/mol. The molecule has 22 heavy (non-hydrogen) atoms. The van der Waals surface area contributed by atoms with E-state index in [4.69, 9.17) is 0 Å². The van der Waals surface area contributed by atoms with Crippen molar-refractivity contribution in [2.24, 2.45) is 0 Å². The second-order valence-corrected chi connectivity index (χ2v) is 4.10. The van der Waals surface area contributed by atoms with Gasteiger partial charge in [-0.2, -0.15) is 22.0 Å². The third-order valence-corrected chi connectivity index (χ3v) is 2.39. The molecule has 0 spiro atoms. The van der Waals surface area contributed by atoms with Gasteiger partial charge >= 0.3 is 17.9 Å². The first kappa shape index (κ1) is 23.2. The van der Waals surface area contributed by atoms with Crippen molar-refractivity contribution in [2.45, 2.75) is 37.8 Å². The van der Waals surface area contributed by atoms with E-state index in [0.717, 1.165) is 0 Å². The molecule has 1 rings (SSSR count). The Morgan fingerprint density at radius 3 is 1.64 bits per heavy atom. The molecule has 1 radical (unpaired) electrons. The summed E-state index contributed by atoms with van der Waals surface area (Å²) in [4.78, 5) is 19.7. The summed E-state index contributed by atoms with van der Waals surface area (Å²) in [6.07, 6.45) is 8.15. The van der Waals surface area contributed by atoms with E-state index in [1.165, 1.54) is 25.7 Å². The number of ketones is 2. The molecule has 0 aromatic heterocycles. The van der Waals surface area contributed by atoms with E-state index < -0.39 is 30.3 Å². The predicted molar refractivity (Wildman–Crippen MR) is 63.7 cm³/mol. The van der Waals surface area contributed by atoms with Crippen LogP contribution in [0.2, 0.25) is 0 Å². The van der Waals surface area contributed by atoms with Gasteiger partial charge in [0.2, 0.25) is 5.78 Å². The maximum absolute atomic E-state index is 12.0. The summed E-state index contributed by atoms with van der Waals surface area (Å²) >= 11 is 0. The molecule has 0 aliphatic heterocycles. The van der Waals surface area contributed by atoms with Gasteiger partial charge in [-0.05, 0) is 25.7 Å². The molecule has 0 saturated carbocycles. The van der Waals surface area contributed by atoms with E-state index in [-0.39, 0.29) is 17.1 Å². The zero-order chi connectivity index (χ0) is 16.5. The van der Waals surface area contributed by atoms with Crippen LogP contribution in [0.1, 0.15) is 25.7 Å². The number of alkyl halides is 6. The van der Waals surface area contributed by atoms with Crippen LogP contribution in [0.4, 0.5) is 26.3 Å². The maximum Gasteiger partial charge on any atom is 0.456 e. The van der Waals surface area contributed by atoms with Gasteiger partial charge < -0.3 is 0 Å². The zero-order valence-corrected chi connectivity index (χ0v) is 12.2. The number of carbonyl (C=O) groups excluding carboxylic acids is 2. The van der Waals surface area contributed by atoms with Crippen LogP contribution in [0, 0.1) is 0 Å². The number of halogens is 6. The number of allylic oxidation sites excluding steroid dienone is 4. The Bertz CT molecular complexity index is 401. The molecule has 0 unspecified atom stereocenters. The van der Waals surface area contributed by atoms with Gasteiger partial charge in [0.05, 0.1) is 0 Å². The molecule has 1 aliphatic carbocycles. The molecule has 0 aromatic carbocycles. The predicted octanol–water partition coefficient (Wildman–Crippen LogP) is 3.96. The Labute approximate surface area is 134 Å². The average molecular weight is 380 g/mol. The molecule has 0 aromatic rings. The summed E-state index contributed by atoms with van der Waals surface area (Å²) in [5, 5.41) is 0. The summed E-state index contributed by atoms with van der Waals surface area (Å²) in [5.74, 6) is -11.6. The van der Waals surface area contributed by atoms with Crippen LogP contribution in [-0.2, 0) is 26.7 Å². The van der Waals surface area contributed by atoms with E-state index in [9.17, 15) is 35.9 Å². The number of hydrogen-bond acceptors (Lipinski definition) is 2. The Morgan fingerprint density at radius 1 is 0.909 bits per heavy atom. The van der Waals surface area contributed by atoms with Crippen LogP contribution >= 0.6 is 0 Å². The molecule has 2 nitrogen and oxygen atoms in total. The van der Waals surface area contributed by atoms with Crippen molar-refractivity contribution in [2.75, 3.05) is 6.67 Å². The minimum absolute atomic E-state index is 0. The Hall–Kier alpha value is -1.08. The summed E-state index contributed by atoms with van der Waals surface area (Å²) in [6.45, 7) is -2.32. The second kappa shape index (κ2) is 10.6. The van der Waals surface area contributed by atoms with Gasteiger partial charge in [-0.25, -0.2) is 4.39 Å². The number of hydrogen-bond donors (Lipinski definition) is 0. The van der Waals surface area contributed by atoms with Crippen molar-refractivity contribution in [1.29, 1.82) is 0 Å². The normalized spacial score (nSPS) is 14.8. The van der Waals surface area contributed by atoms with Crippen molar-refractivity contribution in [1.82, 2.24) is 0 Å². The average Bonchev–Trinajstić information content (AvgIpc) is 2.35. The fourth-order valence-electron chi connectivity index (χ4n) is 1.26. The van der Waals surface area contributed by atoms with Gasteiger partial charge in [0.25, 0.3) is 0 Å². The second-order valence-electron chi connectivity index (χ2n) is 4.10. The Kier molecular flexibility index (Phi) is 11.2. The van der Waals surface area contributed by atoms with Gasteiger partial charge in [0.1, 0.15) is 0 Å². The fourth-order valence-corrected chi connectivity index (χ4v) is 1.26. The van der Waals surface area contributed by atoms with Crippen LogP contribution in [0.5, 0.6) is 0 Å². The first-order chi connectivity index (χ1) is 9.64. The maximum atomic E-state index is 12.0. The van der Waals surface area contributed by atoms with Crippen molar-refractivity contribution in [3.8, 4) is 0 Å². The molecular weight excluding hydrogens is 366 g/mol. The molecule has 0 N–H and O–H groups in total. The third kappa shape index (κ3) is 8.38. The van der Waals surface area contributed by atoms with Crippen LogP contribution in [-0.4, -0.2) is 30.3 Å². The number of rotatable bonds is 3. The molecule has 0 bridgehead atoms. The Balaban J connectivity index is 0. The minimum atomic E-state index is -5.85. The summed E-state index contributed by atoms with van der Waals surface area (Å²) in [7, 11) is 0. The molecular formula is C13H14CuF6O2. The minimum Gasteiger partial charge on any atom is -0.289 e. The fraction of sp³-hybridized carbons (Fsp3) is 0.538. The number of Topliss-reactive ketones (excluding diaryl/α,β-unsaturated/α-hetero) is 2. The largest absolute Gasteiger partial charge is 0.456 e. The van der Waals surface area contributed by atoms with E-state index in [2.05, 4.69) is 24.3 Å². The van der Waals surface area contributed by atoms with Gasteiger partial charge in [0.15, 0.2) is 6.67 Å². The van der Waals surface area contributed by atoms with E-state index in [0.29, 0.717) is 0 Å². The van der Waals surface area contributed by atoms with Crippen molar-refractivity contribution < 1.29 is 53.0 Å². The third-order valence-electron chi connectivity index (χ3n) is 2.39. The molecule has 131 valence electrons. The van der Waals surface area contributed by atoms with E-state index in [1.807, 2.05) is 0 Å². The Morgan fingerprint density at radius 2 is 1.32 bits per heavy atom. The van der Waals surface area contributed by atoms with Crippen molar-refractivity contribution >= 4 is 11.6 Å². The SMILES string of the molecule is C1=CCCCCC=C1.O=C(CF)C(F)(F)C(=O)C(F)(F)F.[Cu]. The first-order valence-corrected chi connectivity index (χ1v) is 6.04. The van der Waals surface area contributed by atoms with Crippen molar-refractivity contribution in [3.05, 3.63) is 24.3 Å². The first-order valence-electron chi connectivity index (χ1n) is 6.04. The molecule has 0 saturated heterocycles. The quantitative estimate of drug-likeness (QED) is 0.422. The number of carbonyl (C=O) groups is 2. The standard InChI is InChI=1S/C8H12.C5H2F6O2.Cu/c1-2-4-6-8-7-5-3-1;6-1-2(12)4(7,8)3(13)5(9,10)11;/h1-4H,5-8H2;1H2;. The van der Waals surface area contributed by atoms with Crippen LogP contribution in [0.25, 0.3) is 0 Å². The molecule has 0 atom stereocenters. The van der Waals surface area contributed by atoms with Gasteiger partial charge in [-0.15, -0.1) is 0 Å². The topological polar surface area (TPSA) is 34.1 Å². The van der Waals surface area contributed by atoms with Crippen LogP contribution < -0.4 is 0 Å². The van der Waals surface area contributed by atoms with Gasteiger partial charge in [0, 0.05) is 17.1 Å². The molecule has 0 fully saturated rings. The molecule has 9 heteroatoms. The van der Waals surface area contributed by atoms with E-state index >= 15 is 0 Å². The molecule has 1 aliphatic rings. The smallest absolute Gasteiger partial charge is 0.289 e. The van der Waals surface area contributed by atoms with Crippen LogP contribution in [0.15, 0.2) is 24.3 Å². The zero-order valence-electron chi connectivity index (χ0n) is 11.2. The summed E-state index contributed by atoms with van der Waals surface area (Å²) in [6, 6.07) is 0. The van der Waals surface area contributed by atoms with Crippen LogP contribution in [0.3, 0.4) is 0 Å². The molecule has 0 amide bonds. The summed E-state index contributed by atoms with van der Waals surface area (Å²) < 4.78 is 69.4. The van der Waals surface area contributed by atoms with Gasteiger partial charge in [-0.1, -0.05) is 24.3 Å². The van der Waals surface area contributed by atoms with Gasteiger partial charge in [-0.3, -0.25) is 9.59 Å². The summed E-state index contributed by atoms with van der Waals surface area (Å²) in [5.41, 5.74) is 0. The van der Waals surface area contributed by atoms with E-state index in [1.54, 1.807) is 0 Å².